The van der Waals surface area contributed by atoms with Crippen molar-refractivity contribution in [1.29, 1.82) is 0 Å². The molecule has 2 heterocycles. The second-order valence-electron chi connectivity index (χ2n) is 8.03. The smallest absolute Gasteiger partial charge is 0.322 e. The van der Waals surface area contributed by atoms with Crippen molar-refractivity contribution in [3.05, 3.63) is 53.6 Å². The minimum Gasteiger partial charge on any atom is -0.403 e. The number of benzene rings is 2. The van der Waals surface area contributed by atoms with Gasteiger partial charge in [0.2, 0.25) is 21.8 Å². The van der Waals surface area contributed by atoms with Crippen LogP contribution in [0.5, 0.6) is 0 Å². The minimum atomic E-state index is -3.61. The lowest BCUT2D eigenvalue weighted by molar-refractivity contribution is -0.121. The van der Waals surface area contributed by atoms with Gasteiger partial charge in [-0.15, -0.1) is 16.9 Å². The lowest BCUT2D eigenvalue weighted by Gasteiger charge is -2.30. The Balaban J connectivity index is 1.38. The number of carbonyl (C=O) groups excluding carboxylic acids is 1. The molecule has 2 aromatic carbocycles. The predicted molar refractivity (Wildman–Crippen MR) is 128 cm³/mol. The molecule has 1 saturated heterocycles. The van der Waals surface area contributed by atoms with E-state index in [1.807, 2.05) is 44.4 Å². The summed E-state index contributed by atoms with van der Waals surface area (Å²) in [5.74, 6) is -0.238. The number of nitrogens with zero attached hydrogens (tertiary/aromatic N) is 3. The van der Waals surface area contributed by atoms with E-state index < -0.39 is 10.0 Å². The fourth-order valence-corrected chi connectivity index (χ4v) is 6.39. The fraction of sp³-hybridized carbons (Fsp3) is 0.348. The maximum absolute atomic E-state index is 13.1. The monoisotopic (exact) mass is 486 g/mol. The molecule has 0 unspecified atom stereocenters. The van der Waals surface area contributed by atoms with Gasteiger partial charge < -0.3 is 4.42 Å². The Bertz CT molecular complexity index is 1260. The van der Waals surface area contributed by atoms with E-state index >= 15 is 0 Å². The second kappa shape index (κ2) is 9.66. The number of nitrogens with one attached hydrogen (secondary N) is 1. The van der Waals surface area contributed by atoms with E-state index in [0.717, 1.165) is 16.7 Å². The number of rotatable bonds is 6. The first-order valence-corrected chi connectivity index (χ1v) is 13.3. The number of sulfonamides is 1. The molecule has 0 aliphatic carbocycles. The first kappa shape index (κ1) is 23.5. The second-order valence-corrected chi connectivity index (χ2v) is 10.8. The van der Waals surface area contributed by atoms with Crippen molar-refractivity contribution >= 4 is 33.7 Å². The molecule has 1 N–H and O–H groups in total. The van der Waals surface area contributed by atoms with Gasteiger partial charge in [-0.1, -0.05) is 23.3 Å². The molecule has 33 heavy (non-hydrogen) atoms. The van der Waals surface area contributed by atoms with E-state index in [4.69, 9.17) is 4.42 Å². The number of piperidine rings is 1. The van der Waals surface area contributed by atoms with E-state index in [1.54, 1.807) is 18.2 Å². The van der Waals surface area contributed by atoms with Gasteiger partial charge in [0.05, 0.1) is 4.90 Å². The average molecular weight is 487 g/mol. The van der Waals surface area contributed by atoms with Crippen molar-refractivity contribution in [1.82, 2.24) is 14.5 Å². The lowest BCUT2D eigenvalue weighted by atomic mass is 9.97. The maximum Gasteiger partial charge on any atom is 0.322 e. The molecule has 1 fully saturated rings. The molecule has 0 saturated carbocycles. The first-order valence-electron chi connectivity index (χ1n) is 10.6. The molecule has 8 nitrogen and oxygen atoms in total. The number of hydrogen-bond donors (Lipinski definition) is 1. The van der Waals surface area contributed by atoms with Crippen molar-refractivity contribution < 1.29 is 17.6 Å². The van der Waals surface area contributed by atoms with Crippen molar-refractivity contribution in [3.63, 3.8) is 0 Å². The fourth-order valence-electron chi connectivity index (χ4n) is 3.80. The molecule has 174 valence electrons. The van der Waals surface area contributed by atoms with Crippen molar-refractivity contribution in [2.24, 2.45) is 5.92 Å². The van der Waals surface area contributed by atoms with Gasteiger partial charge in [-0.3, -0.25) is 10.1 Å². The molecule has 1 aromatic heterocycles. The first-order chi connectivity index (χ1) is 15.8. The number of anilines is 1. The van der Waals surface area contributed by atoms with Crippen LogP contribution in [0.15, 0.2) is 56.7 Å². The van der Waals surface area contributed by atoms with E-state index in [9.17, 15) is 13.2 Å². The Hall–Kier alpha value is -2.69. The summed E-state index contributed by atoms with van der Waals surface area (Å²) >= 11 is 1.40. The molecule has 0 spiro atoms. The summed E-state index contributed by atoms with van der Waals surface area (Å²) < 4.78 is 33.3. The zero-order valence-corrected chi connectivity index (χ0v) is 20.4. The number of carbonyl (C=O) groups is 1. The Morgan fingerprint density at radius 2 is 1.82 bits per heavy atom. The van der Waals surface area contributed by atoms with Crippen LogP contribution in [0.1, 0.15) is 24.0 Å². The Labute approximate surface area is 197 Å². The molecule has 0 atom stereocenters. The molecule has 10 heteroatoms. The zero-order valence-electron chi connectivity index (χ0n) is 18.7. The zero-order chi connectivity index (χ0) is 23.6. The Morgan fingerprint density at radius 3 is 2.52 bits per heavy atom. The summed E-state index contributed by atoms with van der Waals surface area (Å²) in [4.78, 5) is 13.8. The molecule has 0 bridgehead atoms. The SMILES string of the molecule is CSc1ccccc1S(=O)(=O)N1CCC(C(=O)Nc2nnc(-c3ccc(C)c(C)c3)o2)CC1. The minimum absolute atomic E-state index is 0.0391. The quantitative estimate of drug-likeness (QED) is 0.523. The van der Waals surface area contributed by atoms with Crippen molar-refractivity contribution in [2.45, 2.75) is 36.5 Å². The number of thioether (sulfide) groups is 1. The largest absolute Gasteiger partial charge is 0.403 e. The molecule has 1 aliphatic rings. The van der Waals surface area contributed by atoms with Gasteiger partial charge in [0.15, 0.2) is 0 Å². The van der Waals surface area contributed by atoms with Gasteiger partial charge in [0.25, 0.3) is 0 Å². The van der Waals surface area contributed by atoms with Crippen LogP contribution in [0.2, 0.25) is 0 Å². The standard InChI is InChI=1S/C23H26N4O4S2/c1-15-8-9-18(14-16(15)2)22-25-26-23(31-22)24-21(28)17-10-12-27(13-11-17)33(29,30)20-7-5-4-6-19(20)32-3/h4-9,14,17H,10-13H2,1-3H3,(H,24,26,28). The molecule has 1 aliphatic heterocycles. The van der Waals surface area contributed by atoms with Gasteiger partial charge in [-0.25, -0.2) is 8.42 Å². The van der Waals surface area contributed by atoms with E-state index in [2.05, 4.69) is 15.5 Å². The maximum atomic E-state index is 13.1. The molecule has 4 rings (SSSR count). The highest BCUT2D eigenvalue weighted by atomic mass is 32.2. The lowest BCUT2D eigenvalue weighted by Crippen LogP contribution is -2.41. The van der Waals surface area contributed by atoms with Crippen LogP contribution < -0.4 is 5.32 Å². The summed E-state index contributed by atoms with van der Waals surface area (Å²) in [6.45, 7) is 4.59. The number of aryl methyl sites for hydroxylation is 2. The van der Waals surface area contributed by atoms with Crippen LogP contribution in [0.25, 0.3) is 11.5 Å². The summed E-state index contributed by atoms with van der Waals surface area (Å²) in [6.07, 6.45) is 2.70. The van der Waals surface area contributed by atoms with Crippen LogP contribution in [-0.2, 0) is 14.8 Å². The molecule has 3 aromatic rings. The number of aromatic nitrogens is 2. The van der Waals surface area contributed by atoms with Crippen LogP contribution in [0.3, 0.4) is 0 Å². The van der Waals surface area contributed by atoms with Gasteiger partial charge in [0, 0.05) is 29.5 Å². The highest BCUT2D eigenvalue weighted by Gasteiger charge is 2.33. The summed E-state index contributed by atoms with van der Waals surface area (Å²) in [7, 11) is -3.61. The summed E-state index contributed by atoms with van der Waals surface area (Å²) in [5, 5.41) is 10.6. The highest BCUT2D eigenvalue weighted by molar-refractivity contribution is 7.99. The van der Waals surface area contributed by atoms with Crippen molar-refractivity contribution in [2.75, 3.05) is 24.7 Å². The van der Waals surface area contributed by atoms with Crippen LogP contribution in [-0.4, -0.2) is 48.2 Å². The number of amides is 1. The van der Waals surface area contributed by atoms with Crippen LogP contribution in [0.4, 0.5) is 6.01 Å². The van der Waals surface area contributed by atoms with E-state index in [1.165, 1.54) is 16.1 Å². The Kier molecular flexibility index (Phi) is 6.87. The van der Waals surface area contributed by atoms with Gasteiger partial charge in [-0.2, -0.15) is 4.31 Å². The predicted octanol–water partition coefficient (Wildman–Crippen LogP) is 4.11. The van der Waals surface area contributed by atoms with Gasteiger partial charge in [0.1, 0.15) is 0 Å². The third kappa shape index (κ3) is 4.97. The van der Waals surface area contributed by atoms with Gasteiger partial charge >= 0.3 is 6.01 Å². The third-order valence-corrected chi connectivity index (χ3v) is 8.80. The highest BCUT2D eigenvalue weighted by Crippen LogP contribution is 2.30. The van der Waals surface area contributed by atoms with Gasteiger partial charge in [-0.05, 0) is 68.3 Å². The molecular formula is C23H26N4O4S2. The third-order valence-electron chi connectivity index (χ3n) is 5.92. The number of hydrogen-bond acceptors (Lipinski definition) is 7. The van der Waals surface area contributed by atoms with Crippen LogP contribution >= 0.6 is 11.8 Å². The average Bonchev–Trinajstić information content (AvgIpc) is 3.29. The van der Waals surface area contributed by atoms with E-state index in [-0.39, 0.29) is 30.9 Å². The summed E-state index contributed by atoms with van der Waals surface area (Å²) in [6, 6.07) is 12.8. The molecule has 1 amide bonds. The van der Waals surface area contributed by atoms with Crippen LogP contribution in [0, 0.1) is 19.8 Å². The normalized spacial score (nSPS) is 15.5. The van der Waals surface area contributed by atoms with Crippen molar-refractivity contribution in [3.8, 4) is 11.5 Å². The molecule has 0 radical (unpaired) electrons. The Morgan fingerprint density at radius 1 is 1.09 bits per heavy atom. The topological polar surface area (TPSA) is 105 Å². The van der Waals surface area contributed by atoms with E-state index in [0.29, 0.717) is 28.5 Å². The molecular weight excluding hydrogens is 460 g/mol. The summed E-state index contributed by atoms with van der Waals surface area (Å²) in [5.41, 5.74) is 3.06.